The second-order valence-electron chi connectivity index (χ2n) is 5.75. The molecule has 27 heavy (non-hydrogen) atoms. The minimum Gasteiger partial charge on any atom is -0.497 e. The molecular weight excluding hydrogens is 381 g/mol. The highest BCUT2D eigenvalue weighted by atomic mass is 35.5. The smallest absolute Gasteiger partial charge is 0.256 e. The molecule has 0 saturated heterocycles. The van der Waals surface area contributed by atoms with E-state index in [0.29, 0.717) is 21.3 Å². The van der Waals surface area contributed by atoms with Gasteiger partial charge in [-0.05, 0) is 41.5 Å². The number of rotatable bonds is 5. The topological polar surface area (TPSA) is 38.3 Å². The maximum Gasteiger partial charge on any atom is 0.256 e. The predicted molar refractivity (Wildman–Crippen MR) is 112 cm³/mol. The number of anilines is 1. The van der Waals surface area contributed by atoms with Crippen LogP contribution in [0.5, 0.6) is 5.75 Å². The lowest BCUT2D eigenvalue weighted by Crippen LogP contribution is -2.14. The number of carbonyl (C=O) groups excluding carboxylic acids is 1. The molecule has 0 spiro atoms. The molecule has 0 fully saturated rings. The first kappa shape index (κ1) is 19.0. The van der Waals surface area contributed by atoms with Gasteiger partial charge in [-0.1, -0.05) is 71.7 Å². The number of hydrogen-bond acceptors (Lipinski definition) is 2. The van der Waals surface area contributed by atoms with Gasteiger partial charge >= 0.3 is 0 Å². The van der Waals surface area contributed by atoms with Gasteiger partial charge in [0.05, 0.1) is 22.8 Å². The van der Waals surface area contributed by atoms with Crippen molar-refractivity contribution in [2.75, 3.05) is 12.4 Å². The molecular formula is C22H17Cl2NO2. The number of hydrogen-bond donors (Lipinski definition) is 1. The summed E-state index contributed by atoms with van der Waals surface area (Å²) >= 11 is 12.2. The van der Waals surface area contributed by atoms with Crippen molar-refractivity contribution in [3.8, 4) is 5.75 Å². The highest BCUT2D eigenvalue weighted by Crippen LogP contribution is 2.31. The van der Waals surface area contributed by atoms with Gasteiger partial charge in [0.1, 0.15) is 5.75 Å². The summed E-state index contributed by atoms with van der Waals surface area (Å²) in [5, 5.41) is 3.54. The van der Waals surface area contributed by atoms with E-state index in [4.69, 9.17) is 27.9 Å². The summed E-state index contributed by atoms with van der Waals surface area (Å²) in [4.78, 5) is 13.0. The van der Waals surface area contributed by atoms with E-state index in [2.05, 4.69) is 5.32 Å². The summed E-state index contributed by atoms with van der Waals surface area (Å²) in [6.07, 6.45) is 1.82. The molecule has 1 amide bonds. The molecule has 0 aliphatic carbocycles. The van der Waals surface area contributed by atoms with E-state index in [1.807, 2.05) is 60.7 Å². The van der Waals surface area contributed by atoms with E-state index in [-0.39, 0.29) is 5.91 Å². The van der Waals surface area contributed by atoms with Gasteiger partial charge < -0.3 is 10.1 Å². The summed E-state index contributed by atoms with van der Waals surface area (Å²) in [5.74, 6) is 0.477. The first-order valence-corrected chi connectivity index (χ1v) is 9.00. The molecule has 0 atom stereocenters. The summed E-state index contributed by atoms with van der Waals surface area (Å²) in [7, 11) is 1.61. The van der Waals surface area contributed by atoms with E-state index in [9.17, 15) is 4.79 Å². The van der Waals surface area contributed by atoms with Crippen LogP contribution in [0.2, 0.25) is 10.0 Å². The van der Waals surface area contributed by atoms with Crippen molar-refractivity contribution >= 4 is 46.4 Å². The summed E-state index contributed by atoms with van der Waals surface area (Å²) in [6.45, 7) is 0. The summed E-state index contributed by atoms with van der Waals surface area (Å²) < 4.78 is 5.18. The molecule has 0 heterocycles. The lowest BCUT2D eigenvalue weighted by atomic mass is 10.0. The monoisotopic (exact) mass is 397 g/mol. The molecule has 1 N–H and O–H groups in total. The fourth-order valence-electron chi connectivity index (χ4n) is 2.55. The van der Waals surface area contributed by atoms with Gasteiger partial charge in [0, 0.05) is 5.57 Å². The van der Waals surface area contributed by atoms with E-state index >= 15 is 0 Å². The summed E-state index contributed by atoms with van der Waals surface area (Å²) in [6, 6.07) is 22.0. The Hall–Kier alpha value is -2.75. The highest BCUT2D eigenvalue weighted by molar-refractivity contribution is 6.44. The SMILES string of the molecule is COc1ccc(/C=C(/C(=O)Nc2cccc(Cl)c2Cl)c2ccccc2)cc1. The van der Waals surface area contributed by atoms with Gasteiger partial charge in [-0.15, -0.1) is 0 Å². The first-order chi connectivity index (χ1) is 13.1. The van der Waals surface area contributed by atoms with Crippen LogP contribution in [0, 0.1) is 0 Å². The zero-order valence-corrected chi connectivity index (χ0v) is 16.1. The molecule has 0 aliphatic rings. The van der Waals surface area contributed by atoms with Crippen LogP contribution in [0.15, 0.2) is 72.8 Å². The van der Waals surface area contributed by atoms with Gasteiger partial charge in [-0.25, -0.2) is 0 Å². The zero-order chi connectivity index (χ0) is 19.2. The molecule has 0 unspecified atom stereocenters. The molecule has 3 aromatic rings. The molecule has 0 aliphatic heterocycles. The van der Waals surface area contributed by atoms with Gasteiger partial charge in [0.15, 0.2) is 0 Å². The quantitative estimate of drug-likeness (QED) is 0.412. The van der Waals surface area contributed by atoms with E-state index in [1.165, 1.54) is 0 Å². The Bertz CT molecular complexity index is 967. The largest absolute Gasteiger partial charge is 0.497 e. The first-order valence-electron chi connectivity index (χ1n) is 8.25. The van der Waals surface area contributed by atoms with Crippen LogP contribution in [0.3, 0.4) is 0 Å². The average Bonchev–Trinajstić information content (AvgIpc) is 2.70. The third-order valence-electron chi connectivity index (χ3n) is 3.96. The predicted octanol–water partition coefficient (Wildman–Crippen LogP) is 6.18. The van der Waals surface area contributed by atoms with Crippen LogP contribution in [0.25, 0.3) is 11.6 Å². The highest BCUT2D eigenvalue weighted by Gasteiger charge is 2.15. The maximum absolute atomic E-state index is 13.0. The second kappa shape index (κ2) is 8.76. The van der Waals surface area contributed by atoms with Crippen molar-refractivity contribution in [2.24, 2.45) is 0 Å². The minimum absolute atomic E-state index is 0.277. The van der Waals surface area contributed by atoms with Crippen molar-refractivity contribution in [2.45, 2.75) is 0 Å². The molecule has 136 valence electrons. The Morgan fingerprint density at radius 3 is 2.30 bits per heavy atom. The van der Waals surface area contributed by atoms with Crippen LogP contribution < -0.4 is 10.1 Å². The Morgan fingerprint density at radius 1 is 0.926 bits per heavy atom. The third-order valence-corrected chi connectivity index (χ3v) is 4.77. The average molecular weight is 398 g/mol. The van der Waals surface area contributed by atoms with Crippen molar-refractivity contribution in [3.63, 3.8) is 0 Å². The van der Waals surface area contributed by atoms with Crippen LogP contribution >= 0.6 is 23.2 Å². The number of carbonyl (C=O) groups is 1. The number of halogens is 2. The van der Waals surface area contributed by atoms with Gasteiger partial charge in [0.25, 0.3) is 5.91 Å². The van der Waals surface area contributed by atoms with E-state index < -0.39 is 0 Å². The van der Waals surface area contributed by atoms with Crippen LogP contribution in [0.1, 0.15) is 11.1 Å². The Kier molecular flexibility index (Phi) is 6.17. The number of amides is 1. The van der Waals surface area contributed by atoms with Crippen molar-refractivity contribution < 1.29 is 9.53 Å². The second-order valence-corrected chi connectivity index (χ2v) is 6.54. The molecule has 0 aromatic heterocycles. The molecule has 3 rings (SSSR count). The van der Waals surface area contributed by atoms with Crippen LogP contribution in [0.4, 0.5) is 5.69 Å². The van der Waals surface area contributed by atoms with Crippen molar-refractivity contribution in [1.29, 1.82) is 0 Å². The number of nitrogens with one attached hydrogen (secondary N) is 1. The molecule has 3 nitrogen and oxygen atoms in total. The number of ether oxygens (including phenoxy) is 1. The number of benzene rings is 3. The fraction of sp³-hybridized carbons (Fsp3) is 0.0455. The van der Waals surface area contributed by atoms with E-state index in [1.54, 1.807) is 25.3 Å². The van der Waals surface area contributed by atoms with Crippen molar-refractivity contribution in [3.05, 3.63) is 94.0 Å². The Morgan fingerprint density at radius 2 is 1.63 bits per heavy atom. The molecule has 3 aromatic carbocycles. The van der Waals surface area contributed by atoms with E-state index in [0.717, 1.165) is 16.9 Å². The van der Waals surface area contributed by atoms with Crippen LogP contribution in [-0.2, 0) is 4.79 Å². The standard InChI is InChI=1S/C22H17Cl2NO2/c1-27-17-12-10-15(11-13-17)14-18(16-6-3-2-4-7-16)22(26)25-20-9-5-8-19(23)21(20)24/h2-14H,1H3,(H,25,26)/b18-14+. The maximum atomic E-state index is 13.0. The molecule has 0 saturated carbocycles. The lowest BCUT2D eigenvalue weighted by Gasteiger charge is -2.12. The molecule has 5 heteroatoms. The molecule has 0 bridgehead atoms. The lowest BCUT2D eigenvalue weighted by molar-refractivity contribution is -0.111. The van der Waals surface area contributed by atoms with Crippen LogP contribution in [-0.4, -0.2) is 13.0 Å². The minimum atomic E-state index is -0.277. The number of methoxy groups -OCH3 is 1. The normalized spacial score (nSPS) is 11.1. The van der Waals surface area contributed by atoms with Gasteiger partial charge in [0.2, 0.25) is 0 Å². The Balaban J connectivity index is 1.97. The van der Waals surface area contributed by atoms with Gasteiger partial charge in [-0.3, -0.25) is 4.79 Å². The zero-order valence-electron chi connectivity index (χ0n) is 14.6. The third kappa shape index (κ3) is 4.70. The van der Waals surface area contributed by atoms with Crippen molar-refractivity contribution in [1.82, 2.24) is 0 Å². The Labute approximate surface area is 168 Å². The molecule has 0 radical (unpaired) electrons. The van der Waals surface area contributed by atoms with Gasteiger partial charge in [-0.2, -0.15) is 0 Å². The fourth-order valence-corrected chi connectivity index (χ4v) is 2.90. The summed E-state index contributed by atoms with van der Waals surface area (Å²) in [5.41, 5.74) is 2.65.